The first-order chi connectivity index (χ1) is 11.1. The predicted molar refractivity (Wildman–Crippen MR) is 91.1 cm³/mol. The first kappa shape index (κ1) is 16.3. The number of carbonyl (C=O) groups excluding carboxylic acids is 1. The van der Waals surface area contributed by atoms with E-state index in [4.69, 9.17) is 15.9 Å². The molecule has 0 aromatic heterocycles. The summed E-state index contributed by atoms with van der Waals surface area (Å²) in [7, 11) is 0. The van der Waals surface area contributed by atoms with Crippen LogP contribution in [0.15, 0.2) is 60.7 Å². The molecular formula is C18H19N3O2. The normalized spacial score (nSPS) is 10.4. The number of carbonyl (C=O) groups is 1. The van der Waals surface area contributed by atoms with E-state index >= 15 is 0 Å². The standard InChI is InChI=1S/C18H19N3O2/c19-17(20)16-10-4-8-14(12-16)9-5-11-21-18(22)23-13-15-6-2-1-3-7-15/h1-10,12H,11,13H2,(H3,19,20)(H,21,22). The van der Waals surface area contributed by atoms with E-state index in [9.17, 15) is 4.79 Å². The number of amides is 1. The molecule has 0 atom stereocenters. The van der Waals surface area contributed by atoms with Gasteiger partial charge in [0.05, 0.1) is 0 Å². The molecule has 0 saturated carbocycles. The van der Waals surface area contributed by atoms with E-state index in [0.29, 0.717) is 12.1 Å². The molecule has 0 aliphatic carbocycles. The van der Waals surface area contributed by atoms with E-state index in [1.54, 1.807) is 6.07 Å². The number of alkyl carbamates (subject to hydrolysis) is 1. The van der Waals surface area contributed by atoms with E-state index in [-0.39, 0.29) is 12.4 Å². The zero-order valence-electron chi connectivity index (χ0n) is 12.7. The molecular weight excluding hydrogens is 290 g/mol. The van der Waals surface area contributed by atoms with Crippen molar-refractivity contribution < 1.29 is 9.53 Å². The molecule has 0 heterocycles. The van der Waals surface area contributed by atoms with Crippen LogP contribution in [0.25, 0.3) is 6.08 Å². The van der Waals surface area contributed by atoms with Gasteiger partial charge < -0.3 is 15.8 Å². The van der Waals surface area contributed by atoms with Gasteiger partial charge in [-0.15, -0.1) is 0 Å². The van der Waals surface area contributed by atoms with E-state index < -0.39 is 6.09 Å². The van der Waals surface area contributed by atoms with Gasteiger partial charge in [0.1, 0.15) is 12.4 Å². The molecule has 2 rings (SSSR count). The van der Waals surface area contributed by atoms with Gasteiger partial charge in [-0.2, -0.15) is 0 Å². The molecule has 5 heteroatoms. The summed E-state index contributed by atoms with van der Waals surface area (Å²) in [5.41, 5.74) is 7.97. The zero-order chi connectivity index (χ0) is 16.5. The Balaban J connectivity index is 1.74. The van der Waals surface area contributed by atoms with Crippen LogP contribution >= 0.6 is 0 Å². The highest BCUT2D eigenvalue weighted by molar-refractivity contribution is 5.95. The summed E-state index contributed by atoms with van der Waals surface area (Å²) in [4.78, 5) is 11.6. The summed E-state index contributed by atoms with van der Waals surface area (Å²) in [5.74, 6) is 0.0304. The highest BCUT2D eigenvalue weighted by Crippen LogP contribution is 2.06. The predicted octanol–water partition coefficient (Wildman–Crippen LogP) is 2.91. The van der Waals surface area contributed by atoms with Crippen molar-refractivity contribution in [3.8, 4) is 0 Å². The Morgan fingerprint density at radius 1 is 1.17 bits per heavy atom. The topological polar surface area (TPSA) is 88.2 Å². The van der Waals surface area contributed by atoms with Crippen LogP contribution in [-0.2, 0) is 11.3 Å². The minimum atomic E-state index is -0.462. The van der Waals surface area contributed by atoms with E-state index in [2.05, 4.69) is 5.32 Å². The van der Waals surface area contributed by atoms with Crippen molar-refractivity contribution in [3.05, 3.63) is 77.4 Å². The number of rotatable bonds is 6. The largest absolute Gasteiger partial charge is 0.445 e. The molecule has 0 aliphatic rings. The third-order valence-electron chi connectivity index (χ3n) is 3.08. The van der Waals surface area contributed by atoms with E-state index in [0.717, 1.165) is 11.1 Å². The quantitative estimate of drug-likeness (QED) is 0.566. The molecule has 0 radical (unpaired) electrons. The highest BCUT2D eigenvalue weighted by atomic mass is 16.5. The maximum atomic E-state index is 11.6. The Morgan fingerprint density at radius 3 is 2.70 bits per heavy atom. The third kappa shape index (κ3) is 5.67. The SMILES string of the molecule is N=C(N)c1cccc(C=CCNC(=O)OCc2ccccc2)c1. The molecule has 0 aliphatic heterocycles. The third-order valence-corrected chi connectivity index (χ3v) is 3.08. The highest BCUT2D eigenvalue weighted by Gasteiger charge is 2.00. The molecule has 1 amide bonds. The zero-order valence-corrected chi connectivity index (χ0v) is 12.7. The Kier molecular flexibility index (Phi) is 5.94. The smallest absolute Gasteiger partial charge is 0.407 e. The summed E-state index contributed by atoms with van der Waals surface area (Å²) < 4.78 is 5.10. The fourth-order valence-electron chi connectivity index (χ4n) is 1.92. The lowest BCUT2D eigenvalue weighted by Gasteiger charge is -2.05. The van der Waals surface area contributed by atoms with Crippen LogP contribution in [0.1, 0.15) is 16.7 Å². The van der Waals surface area contributed by atoms with Crippen molar-refractivity contribution in [2.24, 2.45) is 5.73 Å². The number of benzene rings is 2. The minimum absolute atomic E-state index is 0.0304. The molecule has 2 aromatic rings. The molecule has 0 fully saturated rings. The van der Waals surface area contributed by atoms with Gasteiger partial charge in [-0.1, -0.05) is 60.7 Å². The average molecular weight is 309 g/mol. The first-order valence-corrected chi connectivity index (χ1v) is 7.21. The van der Waals surface area contributed by atoms with Crippen molar-refractivity contribution in [1.29, 1.82) is 5.41 Å². The van der Waals surface area contributed by atoms with Crippen LogP contribution in [0.5, 0.6) is 0 Å². The summed E-state index contributed by atoms with van der Waals surface area (Å²) >= 11 is 0. The van der Waals surface area contributed by atoms with Gasteiger partial charge in [0.15, 0.2) is 0 Å². The molecule has 2 aromatic carbocycles. The number of nitrogens with two attached hydrogens (primary N) is 1. The van der Waals surface area contributed by atoms with Crippen molar-refractivity contribution in [1.82, 2.24) is 5.32 Å². The van der Waals surface area contributed by atoms with Crippen LogP contribution in [0.2, 0.25) is 0 Å². The van der Waals surface area contributed by atoms with Gasteiger partial charge in [0, 0.05) is 12.1 Å². The molecule has 5 nitrogen and oxygen atoms in total. The molecule has 0 unspecified atom stereocenters. The first-order valence-electron chi connectivity index (χ1n) is 7.21. The lowest BCUT2D eigenvalue weighted by molar-refractivity contribution is 0.141. The van der Waals surface area contributed by atoms with Gasteiger partial charge in [-0.05, 0) is 17.2 Å². The Hall–Kier alpha value is -3.08. The molecule has 118 valence electrons. The van der Waals surface area contributed by atoms with Gasteiger partial charge in [-0.25, -0.2) is 4.79 Å². The van der Waals surface area contributed by atoms with Gasteiger partial charge in [-0.3, -0.25) is 5.41 Å². The average Bonchev–Trinajstić information content (AvgIpc) is 2.58. The monoisotopic (exact) mass is 309 g/mol. The molecule has 0 bridgehead atoms. The maximum absolute atomic E-state index is 11.6. The minimum Gasteiger partial charge on any atom is -0.445 e. The van der Waals surface area contributed by atoms with Gasteiger partial charge in [0.2, 0.25) is 0 Å². The summed E-state index contributed by atoms with van der Waals surface area (Å²) in [6.07, 6.45) is 3.20. The van der Waals surface area contributed by atoms with Crippen LogP contribution < -0.4 is 11.1 Å². The maximum Gasteiger partial charge on any atom is 0.407 e. The number of amidine groups is 1. The summed E-state index contributed by atoms with van der Waals surface area (Å²) in [6, 6.07) is 16.8. The Bertz CT molecular complexity index is 696. The van der Waals surface area contributed by atoms with Crippen LogP contribution in [0.4, 0.5) is 4.79 Å². The number of hydrogen-bond acceptors (Lipinski definition) is 3. The van der Waals surface area contributed by atoms with E-state index in [1.807, 2.05) is 60.7 Å². The second-order valence-corrected chi connectivity index (χ2v) is 4.88. The number of hydrogen-bond donors (Lipinski definition) is 3. The Morgan fingerprint density at radius 2 is 1.96 bits per heavy atom. The number of ether oxygens (including phenoxy) is 1. The van der Waals surface area contributed by atoms with Crippen molar-refractivity contribution in [3.63, 3.8) is 0 Å². The van der Waals surface area contributed by atoms with Crippen LogP contribution in [0, 0.1) is 5.41 Å². The fourth-order valence-corrected chi connectivity index (χ4v) is 1.92. The molecule has 4 N–H and O–H groups in total. The van der Waals surface area contributed by atoms with Crippen LogP contribution in [-0.4, -0.2) is 18.5 Å². The van der Waals surface area contributed by atoms with Crippen LogP contribution in [0.3, 0.4) is 0 Å². The lowest BCUT2D eigenvalue weighted by Crippen LogP contribution is -2.24. The second-order valence-electron chi connectivity index (χ2n) is 4.88. The van der Waals surface area contributed by atoms with Gasteiger partial charge in [0.25, 0.3) is 0 Å². The van der Waals surface area contributed by atoms with Crippen molar-refractivity contribution in [2.45, 2.75) is 6.61 Å². The summed E-state index contributed by atoms with van der Waals surface area (Å²) in [5, 5.41) is 10.0. The molecule has 0 saturated heterocycles. The lowest BCUT2D eigenvalue weighted by atomic mass is 10.1. The molecule has 23 heavy (non-hydrogen) atoms. The van der Waals surface area contributed by atoms with Gasteiger partial charge >= 0.3 is 6.09 Å². The van der Waals surface area contributed by atoms with Crippen molar-refractivity contribution in [2.75, 3.05) is 6.54 Å². The van der Waals surface area contributed by atoms with E-state index in [1.165, 1.54) is 0 Å². The second kappa shape index (κ2) is 8.38. The molecule has 0 spiro atoms. The Labute approximate surface area is 135 Å². The fraction of sp³-hybridized carbons (Fsp3) is 0.111. The number of nitrogen functional groups attached to an aromatic ring is 1. The van der Waals surface area contributed by atoms with Crippen molar-refractivity contribution >= 4 is 18.0 Å². The summed E-state index contributed by atoms with van der Waals surface area (Å²) in [6.45, 7) is 0.606. The number of nitrogens with one attached hydrogen (secondary N) is 2.